The summed E-state index contributed by atoms with van der Waals surface area (Å²) in [5.41, 5.74) is 0. The van der Waals surface area contributed by atoms with E-state index < -0.39 is 0 Å². The second-order valence-corrected chi connectivity index (χ2v) is 2.67. The minimum Gasteiger partial charge on any atom is -0.380 e. The number of rotatable bonds is 5. The topological polar surface area (TPSA) is 38.3 Å². The highest BCUT2D eigenvalue weighted by molar-refractivity contribution is 6.18. The Balaban J connectivity index is 3.30. The van der Waals surface area contributed by atoms with Crippen LogP contribution in [0.25, 0.3) is 0 Å². The van der Waals surface area contributed by atoms with Gasteiger partial charge in [0.1, 0.15) is 0 Å². The van der Waals surface area contributed by atoms with Crippen molar-refractivity contribution in [1.82, 2.24) is 5.32 Å². The van der Waals surface area contributed by atoms with Crippen molar-refractivity contribution in [2.45, 2.75) is 19.4 Å². The minimum absolute atomic E-state index is 0.0242. The number of methoxy groups -OCH3 is 1. The first kappa shape index (κ1) is 10.7. The van der Waals surface area contributed by atoms with E-state index in [0.29, 0.717) is 18.8 Å². The predicted molar refractivity (Wildman–Crippen MR) is 44.8 cm³/mol. The van der Waals surface area contributed by atoms with Gasteiger partial charge in [0.15, 0.2) is 0 Å². The van der Waals surface area contributed by atoms with E-state index in [2.05, 4.69) is 5.32 Å². The molecule has 0 aromatic rings. The first-order valence-electron chi connectivity index (χ1n) is 3.56. The molecule has 0 aromatic carbocycles. The second kappa shape index (κ2) is 6.43. The van der Waals surface area contributed by atoms with Gasteiger partial charge in [-0.1, -0.05) is 0 Å². The fourth-order valence-corrected chi connectivity index (χ4v) is 0.687. The van der Waals surface area contributed by atoms with Gasteiger partial charge in [0.05, 0.1) is 6.10 Å². The molecular formula is C7H14ClNO2. The average Bonchev–Trinajstić information content (AvgIpc) is 2.01. The van der Waals surface area contributed by atoms with Gasteiger partial charge in [-0.25, -0.2) is 0 Å². The van der Waals surface area contributed by atoms with Crippen LogP contribution in [0, 0.1) is 0 Å². The number of carbonyl (C=O) groups excluding carboxylic acids is 1. The van der Waals surface area contributed by atoms with Crippen molar-refractivity contribution in [1.29, 1.82) is 0 Å². The largest absolute Gasteiger partial charge is 0.380 e. The third-order valence-corrected chi connectivity index (χ3v) is 1.50. The molecule has 0 saturated carbocycles. The smallest absolute Gasteiger partial charge is 0.221 e. The molecule has 1 amide bonds. The summed E-state index contributed by atoms with van der Waals surface area (Å²) in [5.74, 6) is 0.344. The number of carbonyl (C=O) groups is 1. The summed E-state index contributed by atoms with van der Waals surface area (Å²) in [6.07, 6.45) is 0.437. The molecule has 0 fully saturated rings. The van der Waals surface area contributed by atoms with Gasteiger partial charge in [0.2, 0.25) is 5.91 Å². The molecule has 66 valence electrons. The van der Waals surface area contributed by atoms with Gasteiger partial charge >= 0.3 is 0 Å². The third-order valence-electron chi connectivity index (χ3n) is 1.31. The number of hydrogen-bond acceptors (Lipinski definition) is 2. The van der Waals surface area contributed by atoms with Gasteiger partial charge in [-0.05, 0) is 6.92 Å². The van der Waals surface area contributed by atoms with Crippen LogP contribution in [0.5, 0.6) is 0 Å². The molecule has 0 bridgehead atoms. The number of ether oxygens (including phenoxy) is 1. The molecule has 0 saturated heterocycles. The maximum Gasteiger partial charge on any atom is 0.221 e. The molecule has 0 rings (SSSR count). The highest BCUT2D eigenvalue weighted by Crippen LogP contribution is 1.87. The predicted octanol–water partition coefficient (Wildman–Crippen LogP) is 0.766. The molecule has 1 atom stereocenters. The SMILES string of the molecule is COC(C)CNC(=O)CCCl. The maximum atomic E-state index is 10.8. The van der Waals surface area contributed by atoms with Crippen LogP contribution in [0.3, 0.4) is 0 Å². The second-order valence-electron chi connectivity index (χ2n) is 2.29. The van der Waals surface area contributed by atoms with Crippen molar-refractivity contribution in [3.63, 3.8) is 0 Å². The number of alkyl halides is 1. The van der Waals surface area contributed by atoms with Crippen LogP contribution in [-0.4, -0.2) is 31.5 Å². The fraction of sp³-hybridized carbons (Fsp3) is 0.857. The number of hydrogen-bond donors (Lipinski definition) is 1. The van der Waals surface area contributed by atoms with Gasteiger partial charge in [-0.3, -0.25) is 4.79 Å². The zero-order valence-electron chi connectivity index (χ0n) is 6.89. The summed E-state index contributed by atoms with van der Waals surface area (Å²) in [6, 6.07) is 0. The zero-order chi connectivity index (χ0) is 8.69. The third kappa shape index (κ3) is 6.13. The lowest BCUT2D eigenvalue weighted by Gasteiger charge is -2.09. The highest BCUT2D eigenvalue weighted by Gasteiger charge is 2.02. The molecule has 0 aliphatic rings. The van der Waals surface area contributed by atoms with Gasteiger partial charge in [0.25, 0.3) is 0 Å². The summed E-state index contributed by atoms with van der Waals surface area (Å²) in [4.78, 5) is 10.8. The first-order chi connectivity index (χ1) is 5.20. The van der Waals surface area contributed by atoms with Gasteiger partial charge in [-0.2, -0.15) is 0 Å². The monoisotopic (exact) mass is 179 g/mol. The van der Waals surface area contributed by atoms with Crippen molar-refractivity contribution in [3.05, 3.63) is 0 Å². The molecule has 11 heavy (non-hydrogen) atoms. The summed E-state index contributed by atoms with van der Waals surface area (Å²) in [7, 11) is 1.61. The fourth-order valence-electron chi connectivity index (χ4n) is 0.515. The van der Waals surface area contributed by atoms with E-state index in [4.69, 9.17) is 16.3 Å². The Morgan fingerprint density at radius 1 is 1.73 bits per heavy atom. The lowest BCUT2D eigenvalue weighted by atomic mass is 10.4. The van der Waals surface area contributed by atoms with E-state index in [0.717, 1.165) is 0 Å². The highest BCUT2D eigenvalue weighted by atomic mass is 35.5. The first-order valence-corrected chi connectivity index (χ1v) is 4.09. The zero-order valence-corrected chi connectivity index (χ0v) is 7.65. The van der Waals surface area contributed by atoms with Crippen molar-refractivity contribution in [2.75, 3.05) is 19.5 Å². The van der Waals surface area contributed by atoms with Crippen molar-refractivity contribution < 1.29 is 9.53 Å². The standard InChI is InChI=1S/C7H14ClNO2/c1-6(11-2)5-9-7(10)3-4-8/h6H,3-5H2,1-2H3,(H,9,10). The maximum absolute atomic E-state index is 10.8. The molecule has 1 unspecified atom stereocenters. The van der Waals surface area contributed by atoms with Crippen molar-refractivity contribution in [2.24, 2.45) is 0 Å². The normalized spacial score (nSPS) is 12.6. The number of nitrogens with one attached hydrogen (secondary N) is 1. The van der Waals surface area contributed by atoms with Crippen LogP contribution < -0.4 is 5.32 Å². The van der Waals surface area contributed by atoms with Gasteiger partial charge in [0, 0.05) is 26.0 Å². The molecular weight excluding hydrogens is 166 g/mol. The Hall–Kier alpha value is -0.280. The van der Waals surface area contributed by atoms with Crippen molar-refractivity contribution in [3.8, 4) is 0 Å². The summed E-state index contributed by atoms with van der Waals surface area (Å²) >= 11 is 5.35. The molecule has 4 heteroatoms. The van der Waals surface area contributed by atoms with Crippen LogP contribution in [0.15, 0.2) is 0 Å². The van der Waals surface area contributed by atoms with Crippen LogP contribution in [-0.2, 0) is 9.53 Å². The number of halogens is 1. The molecule has 3 nitrogen and oxygen atoms in total. The molecule has 0 aliphatic carbocycles. The Labute approximate surface area is 72.1 Å². The summed E-state index contributed by atoms with van der Waals surface area (Å²) in [6.45, 7) is 2.44. The average molecular weight is 180 g/mol. The lowest BCUT2D eigenvalue weighted by molar-refractivity contribution is -0.121. The Morgan fingerprint density at radius 3 is 2.82 bits per heavy atom. The molecule has 0 aliphatic heterocycles. The van der Waals surface area contributed by atoms with E-state index in [1.165, 1.54) is 0 Å². The van der Waals surface area contributed by atoms with Crippen LogP contribution in [0.2, 0.25) is 0 Å². The minimum atomic E-state index is -0.0242. The summed E-state index contributed by atoms with van der Waals surface area (Å²) in [5, 5.41) is 2.69. The van der Waals surface area contributed by atoms with E-state index in [-0.39, 0.29) is 12.0 Å². The van der Waals surface area contributed by atoms with Crippen LogP contribution >= 0.6 is 11.6 Å². The lowest BCUT2D eigenvalue weighted by Crippen LogP contribution is -2.31. The van der Waals surface area contributed by atoms with Crippen molar-refractivity contribution >= 4 is 17.5 Å². The molecule has 0 radical (unpaired) electrons. The Morgan fingerprint density at radius 2 is 2.36 bits per heavy atom. The van der Waals surface area contributed by atoms with E-state index in [1.54, 1.807) is 7.11 Å². The van der Waals surface area contributed by atoms with E-state index >= 15 is 0 Å². The molecule has 1 N–H and O–H groups in total. The van der Waals surface area contributed by atoms with Gasteiger partial charge in [-0.15, -0.1) is 11.6 Å². The van der Waals surface area contributed by atoms with Crippen LogP contribution in [0.1, 0.15) is 13.3 Å². The van der Waals surface area contributed by atoms with E-state index in [1.807, 2.05) is 6.92 Å². The Kier molecular flexibility index (Phi) is 6.27. The molecule has 0 heterocycles. The quantitative estimate of drug-likeness (QED) is 0.634. The molecule has 0 spiro atoms. The van der Waals surface area contributed by atoms with Crippen LogP contribution in [0.4, 0.5) is 0 Å². The summed E-state index contributed by atoms with van der Waals surface area (Å²) < 4.78 is 4.93. The Bertz CT molecular complexity index is 119. The van der Waals surface area contributed by atoms with E-state index in [9.17, 15) is 4.79 Å². The molecule has 0 aromatic heterocycles. The van der Waals surface area contributed by atoms with Gasteiger partial charge < -0.3 is 10.1 Å². The number of amides is 1.